The molecule has 1 saturated carbocycles. The van der Waals surface area contributed by atoms with Gasteiger partial charge in [-0.05, 0) is 25.7 Å². The van der Waals surface area contributed by atoms with Crippen LogP contribution >= 0.6 is 0 Å². The Hall–Kier alpha value is -0.130. The first-order valence-electron chi connectivity index (χ1n) is 4.65. The maximum atomic E-state index is 10.9. The average molecular weight is 208 g/mol. The van der Waals surface area contributed by atoms with Crippen LogP contribution in [0.25, 0.3) is 0 Å². The van der Waals surface area contributed by atoms with Gasteiger partial charge < -0.3 is 5.11 Å². The third-order valence-corrected chi connectivity index (χ3v) is 3.98. The van der Waals surface area contributed by atoms with Crippen LogP contribution < -0.4 is 0 Å². The Morgan fingerprint density at radius 2 is 1.31 bits per heavy atom. The van der Waals surface area contributed by atoms with Crippen LogP contribution in [0, 0.1) is 0 Å². The van der Waals surface area contributed by atoms with E-state index in [2.05, 4.69) is 0 Å². The van der Waals surface area contributed by atoms with E-state index in [0.29, 0.717) is 12.8 Å². The molecule has 0 bridgehead atoms. The highest BCUT2D eigenvalue weighted by atomic mass is 32.2. The molecule has 1 fully saturated rings. The van der Waals surface area contributed by atoms with Crippen LogP contribution in [0.2, 0.25) is 0 Å². The van der Waals surface area contributed by atoms with Crippen molar-refractivity contribution in [1.29, 1.82) is 0 Å². The fourth-order valence-corrected chi connectivity index (χ4v) is 2.52. The molecule has 0 aromatic heterocycles. The first-order chi connectivity index (χ1) is 5.96. The minimum Gasteiger partial charge on any atom is -0.372 e. The van der Waals surface area contributed by atoms with E-state index in [9.17, 15) is 13.5 Å². The number of hydrogen-bond donors (Lipinski definition) is 2. The van der Waals surface area contributed by atoms with Crippen molar-refractivity contribution in [3.63, 3.8) is 0 Å². The van der Waals surface area contributed by atoms with Gasteiger partial charge in [0.15, 0.2) is 4.93 Å². The Balaban J connectivity index is 2.74. The molecule has 0 heterocycles. The van der Waals surface area contributed by atoms with Gasteiger partial charge in [-0.25, -0.2) is 0 Å². The summed E-state index contributed by atoms with van der Waals surface area (Å²) in [5.41, 5.74) is 0. The minimum atomic E-state index is -4.31. The second kappa shape index (κ2) is 3.94. The van der Waals surface area contributed by atoms with Gasteiger partial charge >= 0.3 is 0 Å². The van der Waals surface area contributed by atoms with Crippen LogP contribution in [0.1, 0.15) is 44.9 Å². The van der Waals surface area contributed by atoms with Gasteiger partial charge in [-0.3, -0.25) is 4.55 Å². The normalized spacial score (nSPS) is 24.8. The van der Waals surface area contributed by atoms with Gasteiger partial charge in [0.05, 0.1) is 0 Å². The van der Waals surface area contributed by atoms with Gasteiger partial charge in [-0.2, -0.15) is 8.42 Å². The van der Waals surface area contributed by atoms with E-state index >= 15 is 0 Å². The summed E-state index contributed by atoms with van der Waals surface area (Å²) in [7, 11) is -4.31. The molecule has 0 saturated heterocycles. The summed E-state index contributed by atoms with van der Waals surface area (Å²) in [5, 5.41) is 9.67. The van der Waals surface area contributed by atoms with E-state index in [0.717, 1.165) is 19.3 Å². The Labute approximate surface area is 78.7 Å². The Kier molecular flexibility index (Phi) is 3.32. The third-order valence-electron chi connectivity index (χ3n) is 2.61. The van der Waals surface area contributed by atoms with Crippen molar-refractivity contribution in [3.05, 3.63) is 0 Å². The van der Waals surface area contributed by atoms with Crippen molar-refractivity contribution in [2.24, 2.45) is 0 Å². The van der Waals surface area contributed by atoms with E-state index < -0.39 is 15.1 Å². The molecule has 4 nitrogen and oxygen atoms in total. The molecule has 13 heavy (non-hydrogen) atoms. The lowest BCUT2D eigenvalue weighted by molar-refractivity contribution is 0.0841. The molecular formula is C8H16O4S. The number of aliphatic hydroxyl groups is 1. The first kappa shape index (κ1) is 10.9. The van der Waals surface area contributed by atoms with Crippen LogP contribution in [0.15, 0.2) is 0 Å². The van der Waals surface area contributed by atoms with Gasteiger partial charge in [-0.1, -0.05) is 19.3 Å². The molecule has 1 aliphatic rings. The maximum absolute atomic E-state index is 10.9. The SMILES string of the molecule is O=S(=O)(O)C1(O)CCCCCCC1. The zero-order valence-electron chi connectivity index (χ0n) is 7.57. The molecule has 0 aliphatic heterocycles. The van der Waals surface area contributed by atoms with Crippen molar-refractivity contribution in [1.82, 2.24) is 0 Å². The van der Waals surface area contributed by atoms with Gasteiger partial charge in [-0.15, -0.1) is 0 Å². The van der Waals surface area contributed by atoms with E-state index in [1.54, 1.807) is 0 Å². The van der Waals surface area contributed by atoms with E-state index in [-0.39, 0.29) is 12.8 Å². The van der Waals surface area contributed by atoms with Crippen molar-refractivity contribution in [2.75, 3.05) is 0 Å². The Morgan fingerprint density at radius 3 is 1.69 bits per heavy atom. The van der Waals surface area contributed by atoms with Crippen LogP contribution in [0.5, 0.6) is 0 Å². The summed E-state index contributed by atoms with van der Waals surface area (Å²) in [6.07, 6.45) is 4.58. The number of rotatable bonds is 1. The van der Waals surface area contributed by atoms with Crippen molar-refractivity contribution in [2.45, 2.75) is 49.9 Å². The summed E-state index contributed by atoms with van der Waals surface area (Å²) in [4.78, 5) is -1.88. The highest BCUT2D eigenvalue weighted by Crippen LogP contribution is 2.29. The van der Waals surface area contributed by atoms with Crippen LogP contribution in [0.4, 0.5) is 0 Å². The van der Waals surface area contributed by atoms with Crippen LogP contribution in [-0.2, 0) is 10.1 Å². The molecular weight excluding hydrogens is 192 g/mol. The highest BCUT2D eigenvalue weighted by Gasteiger charge is 2.39. The molecule has 0 atom stereocenters. The molecule has 0 spiro atoms. The number of hydrogen-bond acceptors (Lipinski definition) is 3. The monoisotopic (exact) mass is 208 g/mol. The topological polar surface area (TPSA) is 74.6 Å². The van der Waals surface area contributed by atoms with Gasteiger partial charge in [0.1, 0.15) is 0 Å². The highest BCUT2D eigenvalue weighted by molar-refractivity contribution is 7.87. The van der Waals surface area contributed by atoms with E-state index in [1.807, 2.05) is 0 Å². The zero-order valence-corrected chi connectivity index (χ0v) is 8.39. The fourth-order valence-electron chi connectivity index (χ4n) is 1.72. The second-order valence-electron chi connectivity index (χ2n) is 3.69. The lowest BCUT2D eigenvalue weighted by Crippen LogP contribution is -2.38. The largest absolute Gasteiger partial charge is 0.372 e. The smallest absolute Gasteiger partial charge is 0.294 e. The lowest BCUT2D eigenvalue weighted by Gasteiger charge is -2.26. The molecule has 0 unspecified atom stereocenters. The molecule has 0 radical (unpaired) electrons. The molecule has 1 aliphatic carbocycles. The molecule has 1 rings (SSSR count). The fraction of sp³-hybridized carbons (Fsp3) is 1.00. The zero-order chi connectivity index (χ0) is 9.95. The van der Waals surface area contributed by atoms with Crippen molar-refractivity contribution < 1.29 is 18.1 Å². The molecule has 78 valence electrons. The summed E-state index contributed by atoms with van der Waals surface area (Å²) >= 11 is 0. The molecule has 5 heteroatoms. The van der Waals surface area contributed by atoms with Gasteiger partial charge in [0.25, 0.3) is 10.1 Å². The van der Waals surface area contributed by atoms with Crippen LogP contribution in [-0.4, -0.2) is 23.0 Å². The summed E-state index contributed by atoms with van der Waals surface area (Å²) in [5.74, 6) is 0. The Morgan fingerprint density at radius 1 is 0.923 bits per heavy atom. The summed E-state index contributed by atoms with van der Waals surface area (Å²) < 4.78 is 30.6. The predicted octanol–water partition coefficient (Wildman–Crippen LogP) is 1.31. The summed E-state index contributed by atoms with van der Waals surface area (Å²) in [6, 6.07) is 0. The van der Waals surface area contributed by atoms with Crippen molar-refractivity contribution in [3.8, 4) is 0 Å². The van der Waals surface area contributed by atoms with Gasteiger partial charge in [0.2, 0.25) is 0 Å². The molecule has 0 aromatic rings. The lowest BCUT2D eigenvalue weighted by atomic mass is 9.98. The third kappa shape index (κ3) is 2.65. The van der Waals surface area contributed by atoms with E-state index in [1.165, 1.54) is 0 Å². The Bertz CT molecular complexity index is 249. The predicted molar refractivity (Wildman–Crippen MR) is 48.8 cm³/mol. The van der Waals surface area contributed by atoms with Crippen LogP contribution in [0.3, 0.4) is 0 Å². The van der Waals surface area contributed by atoms with Crippen molar-refractivity contribution >= 4 is 10.1 Å². The maximum Gasteiger partial charge on any atom is 0.294 e. The summed E-state index contributed by atoms with van der Waals surface area (Å²) in [6.45, 7) is 0. The molecule has 0 aromatic carbocycles. The minimum absolute atomic E-state index is 0.159. The average Bonchev–Trinajstić information content (AvgIpc) is 1.94. The molecule has 0 amide bonds. The van der Waals surface area contributed by atoms with Gasteiger partial charge in [0, 0.05) is 0 Å². The standard InChI is InChI=1S/C8H16O4S/c9-8(13(10,11)12)6-4-2-1-3-5-7-8/h9H,1-7H2,(H,10,11,12). The second-order valence-corrected chi connectivity index (χ2v) is 5.40. The van der Waals surface area contributed by atoms with E-state index in [4.69, 9.17) is 4.55 Å². The quantitative estimate of drug-likeness (QED) is 0.637. The molecule has 2 N–H and O–H groups in total. The first-order valence-corrected chi connectivity index (χ1v) is 6.09.